The molecule has 1 N–H and O–H groups in total. The fourth-order valence-corrected chi connectivity index (χ4v) is 2.18. The summed E-state index contributed by atoms with van der Waals surface area (Å²) in [6, 6.07) is 4.29. The van der Waals surface area contributed by atoms with Crippen LogP contribution in [0.4, 0.5) is 0 Å². The van der Waals surface area contributed by atoms with Gasteiger partial charge >= 0.3 is 0 Å². The average Bonchev–Trinajstić information content (AvgIpc) is 2.22. The van der Waals surface area contributed by atoms with Gasteiger partial charge in [0, 0.05) is 5.92 Å². The van der Waals surface area contributed by atoms with Crippen LogP contribution in [0, 0.1) is 19.8 Å². The van der Waals surface area contributed by atoms with Crippen LogP contribution in [0.25, 0.3) is 6.08 Å². The molecule has 0 unspecified atom stereocenters. The maximum absolute atomic E-state index is 10.2. The predicted octanol–water partition coefficient (Wildman–Crippen LogP) is 3.39. The molecule has 0 saturated carbocycles. The van der Waals surface area contributed by atoms with Crippen LogP contribution in [0.2, 0.25) is 0 Å². The average molecular weight is 202 g/mol. The lowest BCUT2D eigenvalue weighted by Gasteiger charge is -2.25. The Bertz CT molecular complexity index is 404. The van der Waals surface area contributed by atoms with Crippen molar-refractivity contribution >= 4 is 6.08 Å². The van der Waals surface area contributed by atoms with E-state index in [1.807, 2.05) is 0 Å². The molecule has 1 aromatic rings. The minimum atomic E-state index is -0.325. The van der Waals surface area contributed by atoms with Crippen molar-refractivity contribution in [2.75, 3.05) is 0 Å². The number of aryl methyl sites for hydroxylation is 2. The number of hydrogen-bond donors (Lipinski definition) is 1. The number of rotatable bonds is 1. The van der Waals surface area contributed by atoms with E-state index >= 15 is 0 Å². The molecule has 0 radical (unpaired) electrons. The maximum atomic E-state index is 10.2. The summed E-state index contributed by atoms with van der Waals surface area (Å²) in [6.45, 7) is 6.33. The second-order valence-electron chi connectivity index (χ2n) is 4.44. The van der Waals surface area contributed by atoms with E-state index in [1.54, 1.807) is 0 Å². The van der Waals surface area contributed by atoms with E-state index in [2.05, 4.69) is 45.1 Å². The maximum Gasteiger partial charge on any atom is 0.0858 e. The number of aliphatic hydroxyl groups excluding tert-OH is 1. The summed E-state index contributed by atoms with van der Waals surface area (Å²) in [7, 11) is 0. The van der Waals surface area contributed by atoms with Gasteiger partial charge in [0.25, 0.3) is 0 Å². The Morgan fingerprint density at radius 2 is 1.87 bits per heavy atom. The fraction of sp³-hybridized carbons (Fsp3) is 0.429. The summed E-state index contributed by atoms with van der Waals surface area (Å²) in [5.74, 6) is 0.277. The molecule has 2 atom stereocenters. The van der Waals surface area contributed by atoms with Crippen LogP contribution in [-0.4, -0.2) is 5.11 Å². The minimum absolute atomic E-state index is 0.277. The molecule has 0 saturated heterocycles. The van der Waals surface area contributed by atoms with Crippen LogP contribution >= 0.6 is 0 Å². The van der Waals surface area contributed by atoms with Gasteiger partial charge in [-0.25, -0.2) is 0 Å². The predicted molar refractivity (Wildman–Crippen MR) is 63.7 cm³/mol. The van der Waals surface area contributed by atoms with Crippen molar-refractivity contribution in [2.45, 2.75) is 33.3 Å². The van der Waals surface area contributed by atoms with Crippen molar-refractivity contribution in [1.82, 2.24) is 0 Å². The molecule has 0 aliphatic heterocycles. The summed E-state index contributed by atoms with van der Waals surface area (Å²) in [6.07, 6.45) is 4.93. The highest BCUT2D eigenvalue weighted by Crippen LogP contribution is 2.35. The number of benzene rings is 1. The van der Waals surface area contributed by atoms with Gasteiger partial charge in [0.05, 0.1) is 6.10 Å². The summed E-state index contributed by atoms with van der Waals surface area (Å²) in [4.78, 5) is 0. The molecule has 1 heteroatoms. The van der Waals surface area contributed by atoms with Crippen LogP contribution in [0.1, 0.15) is 41.7 Å². The van der Waals surface area contributed by atoms with Crippen molar-refractivity contribution < 1.29 is 5.11 Å². The molecule has 1 aliphatic carbocycles. The highest BCUT2D eigenvalue weighted by molar-refractivity contribution is 5.60. The molecule has 0 heterocycles. The Morgan fingerprint density at radius 3 is 2.53 bits per heavy atom. The number of fused-ring (bicyclic) bond motifs is 1. The lowest BCUT2D eigenvalue weighted by Crippen LogP contribution is -2.14. The summed E-state index contributed by atoms with van der Waals surface area (Å²) in [5.41, 5.74) is 4.82. The zero-order valence-corrected chi connectivity index (χ0v) is 9.62. The van der Waals surface area contributed by atoms with Gasteiger partial charge in [-0.2, -0.15) is 0 Å². The van der Waals surface area contributed by atoms with E-state index in [4.69, 9.17) is 0 Å². The zero-order chi connectivity index (χ0) is 11.0. The van der Waals surface area contributed by atoms with E-state index in [1.165, 1.54) is 16.7 Å². The molecule has 80 valence electrons. The third-order valence-electron chi connectivity index (χ3n) is 3.42. The lowest BCUT2D eigenvalue weighted by molar-refractivity contribution is 0.128. The first-order valence-corrected chi connectivity index (χ1v) is 5.61. The SMILES string of the molecule is CC[C@@H]1C=Cc2cc(C)c(C)cc2[C@H]1O. The van der Waals surface area contributed by atoms with Crippen LogP contribution in [0.15, 0.2) is 18.2 Å². The summed E-state index contributed by atoms with van der Waals surface area (Å²) in [5, 5.41) is 10.2. The van der Waals surface area contributed by atoms with Crippen molar-refractivity contribution in [3.63, 3.8) is 0 Å². The molecule has 0 amide bonds. The van der Waals surface area contributed by atoms with Crippen LogP contribution in [0.5, 0.6) is 0 Å². The van der Waals surface area contributed by atoms with Gasteiger partial charge in [-0.05, 0) is 42.5 Å². The first-order chi connectivity index (χ1) is 7.13. The summed E-state index contributed by atoms with van der Waals surface area (Å²) >= 11 is 0. The standard InChI is InChI=1S/C14H18O/c1-4-11-5-6-12-7-9(2)10(3)8-13(12)14(11)15/h5-8,11,14-15H,4H2,1-3H3/t11-,14+/m1/s1. The van der Waals surface area contributed by atoms with E-state index in [-0.39, 0.29) is 12.0 Å². The molecule has 0 bridgehead atoms. The molecule has 15 heavy (non-hydrogen) atoms. The van der Waals surface area contributed by atoms with Gasteiger partial charge in [0.2, 0.25) is 0 Å². The first kappa shape index (κ1) is 10.4. The fourth-order valence-electron chi connectivity index (χ4n) is 2.18. The van der Waals surface area contributed by atoms with Gasteiger partial charge in [0.15, 0.2) is 0 Å². The van der Waals surface area contributed by atoms with Gasteiger partial charge in [-0.1, -0.05) is 31.2 Å². The first-order valence-electron chi connectivity index (χ1n) is 5.61. The van der Waals surface area contributed by atoms with Gasteiger partial charge < -0.3 is 5.11 Å². The van der Waals surface area contributed by atoms with Gasteiger partial charge in [-0.3, -0.25) is 0 Å². The molecule has 0 fully saturated rings. The molecular formula is C14H18O. The Labute approximate surface area is 91.4 Å². The van der Waals surface area contributed by atoms with E-state index < -0.39 is 0 Å². The third kappa shape index (κ3) is 1.72. The van der Waals surface area contributed by atoms with E-state index in [0.717, 1.165) is 12.0 Å². The molecule has 0 aromatic heterocycles. The molecular weight excluding hydrogens is 184 g/mol. The molecule has 1 nitrogen and oxygen atoms in total. The highest BCUT2D eigenvalue weighted by Gasteiger charge is 2.23. The molecule has 1 aliphatic rings. The van der Waals surface area contributed by atoms with Crippen LogP contribution < -0.4 is 0 Å². The van der Waals surface area contributed by atoms with Crippen LogP contribution in [0.3, 0.4) is 0 Å². The third-order valence-corrected chi connectivity index (χ3v) is 3.42. The Balaban J connectivity index is 2.50. The number of hydrogen-bond acceptors (Lipinski definition) is 1. The Kier molecular flexibility index (Phi) is 2.66. The topological polar surface area (TPSA) is 20.2 Å². The van der Waals surface area contributed by atoms with Crippen molar-refractivity contribution in [1.29, 1.82) is 0 Å². The highest BCUT2D eigenvalue weighted by atomic mass is 16.3. The molecule has 1 aromatic carbocycles. The second-order valence-corrected chi connectivity index (χ2v) is 4.44. The Morgan fingerprint density at radius 1 is 1.20 bits per heavy atom. The molecule has 0 spiro atoms. The van der Waals surface area contributed by atoms with Crippen molar-refractivity contribution in [2.24, 2.45) is 5.92 Å². The Hall–Kier alpha value is -1.08. The zero-order valence-electron chi connectivity index (χ0n) is 9.62. The van der Waals surface area contributed by atoms with Crippen LogP contribution in [-0.2, 0) is 0 Å². The van der Waals surface area contributed by atoms with Crippen molar-refractivity contribution in [3.05, 3.63) is 40.5 Å². The van der Waals surface area contributed by atoms with Crippen molar-refractivity contribution in [3.8, 4) is 0 Å². The van der Waals surface area contributed by atoms with E-state index in [9.17, 15) is 5.11 Å². The largest absolute Gasteiger partial charge is 0.388 e. The smallest absolute Gasteiger partial charge is 0.0858 e. The minimum Gasteiger partial charge on any atom is -0.388 e. The summed E-state index contributed by atoms with van der Waals surface area (Å²) < 4.78 is 0. The van der Waals surface area contributed by atoms with Gasteiger partial charge in [0.1, 0.15) is 0 Å². The number of aliphatic hydroxyl groups is 1. The lowest BCUT2D eigenvalue weighted by atomic mass is 9.84. The molecule has 2 rings (SSSR count). The van der Waals surface area contributed by atoms with Gasteiger partial charge in [-0.15, -0.1) is 0 Å². The second kappa shape index (κ2) is 3.82. The van der Waals surface area contributed by atoms with E-state index in [0.29, 0.717) is 0 Å². The quantitative estimate of drug-likeness (QED) is 0.740. The monoisotopic (exact) mass is 202 g/mol. The normalized spacial score (nSPS) is 24.0.